The number of aliphatic carboxylic acids is 1. The van der Waals surface area contributed by atoms with Crippen LogP contribution >= 0.6 is 0 Å². The van der Waals surface area contributed by atoms with Gasteiger partial charge in [0.1, 0.15) is 0 Å². The van der Waals surface area contributed by atoms with Crippen LogP contribution in [0, 0.1) is 5.92 Å². The van der Waals surface area contributed by atoms with E-state index in [2.05, 4.69) is 5.32 Å². The maximum absolute atomic E-state index is 15.1. The number of carbonyl (C=O) groups is 1. The molecule has 0 amide bonds. The molecule has 8 nitrogen and oxygen atoms in total. The summed E-state index contributed by atoms with van der Waals surface area (Å²) in [6, 6.07) is 14.6. The Kier molecular flexibility index (Phi) is 12.6. The molecule has 0 aromatic heterocycles. The van der Waals surface area contributed by atoms with Gasteiger partial charge in [-0.05, 0) is 85.1 Å². The third-order valence-electron chi connectivity index (χ3n) is 11.8. The molecule has 0 aliphatic carbocycles. The first kappa shape index (κ1) is 45.3. The first-order valence-corrected chi connectivity index (χ1v) is 20.1. The van der Waals surface area contributed by atoms with E-state index in [1.807, 2.05) is 0 Å². The van der Waals surface area contributed by atoms with Gasteiger partial charge in [0.15, 0.2) is 0 Å². The molecule has 0 bridgehead atoms. The topological polar surface area (TPSA) is 65.5 Å². The number of carboxylic acids is 1. The van der Waals surface area contributed by atoms with Crippen molar-refractivity contribution in [3.8, 4) is 0 Å². The third-order valence-corrected chi connectivity index (χ3v) is 11.8. The summed E-state index contributed by atoms with van der Waals surface area (Å²) in [6.45, 7) is 0.767. The zero-order valence-electron chi connectivity index (χ0n) is 33.4. The normalized spacial score (nSPS) is 17.4. The second-order valence-electron chi connectivity index (χ2n) is 15.7. The minimum Gasteiger partial charge on any atom is -0.481 e. The highest BCUT2D eigenvalue weighted by atomic mass is 19.4. The number of hydrogen-bond donors (Lipinski definition) is 2. The molecule has 3 aliphatic rings. The van der Waals surface area contributed by atoms with Crippen LogP contribution in [0.15, 0.2) is 78.9 Å². The molecule has 0 spiro atoms. The number of benzene rings is 4. The van der Waals surface area contributed by atoms with Crippen molar-refractivity contribution in [2.24, 2.45) is 5.92 Å². The van der Waals surface area contributed by atoms with Gasteiger partial charge in [-0.25, -0.2) is 0 Å². The minimum atomic E-state index is -4.94. The predicted octanol–water partition coefficient (Wildman–Crippen LogP) is 10.3. The zero-order chi connectivity index (χ0) is 45.5. The van der Waals surface area contributed by atoms with Crippen molar-refractivity contribution in [2.75, 3.05) is 95.3 Å². The van der Waals surface area contributed by atoms with E-state index < -0.39 is 58.8 Å². The number of hydrogen-bond acceptors (Lipinski definition) is 7. The van der Waals surface area contributed by atoms with Gasteiger partial charge in [-0.3, -0.25) is 4.79 Å². The lowest BCUT2D eigenvalue weighted by atomic mass is 9.95. The van der Waals surface area contributed by atoms with Crippen LogP contribution in [0.4, 0.5) is 86.8 Å². The number of halogens is 12. The van der Waals surface area contributed by atoms with Gasteiger partial charge in [-0.15, -0.1) is 0 Å². The molecule has 3 saturated heterocycles. The van der Waals surface area contributed by atoms with Gasteiger partial charge >= 0.3 is 30.7 Å². The molecule has 0 saturated carbocycles. The minimum absolute atomic E-state index is 0.0129. The Bertz CT molecular complexity index is 2250. The number of anilines is 6. The quantitative estimate of drug-likeness (QED) is 0.161. The van der Waals surface area contributed by atoms with E-state index in [9.17, 15) is 49.4 Å². The van der Waals surface area contributed by atoms with E-state index in [0.717, 1.165) is 42.5 Å². The fourth-order valence-electron chi connectivity index (χ4n) is 8.41. The molecule has 0 radical (unpaired) electrons. The number of alkyl halides is 12. The molecule has 4 aromatic rings. The summed E-state index contributed by atoms with van der Waals surface area (Å²) in [4.78, 5) is 19.9. The summed E-state index contributed by atoms with van der Waals surface area (Å²) in [5.41, 5.74) is -2.85. The smallest absolute Gasteiger partial charge is 0.418 e. The summed E-state index contributed by atoms with van der Waals surface area (Å²) in [7, 11) is 0. The monoisotopic (exact) mass is 902 g/mol. The number of piperazine rings is 2. The molecule has 63 heavy (non-hydrogen) atoms. The van der Waals surface area contributed by atoms with E-state index in [1.54, 1.807) is 19.6 Å². The lowest BCUT2D eigenvalue weighted by molar-refractivity contribution is -0.142. The molecule has 7 rings (SSSR count). The number of nitrogens with one attached hydrogen (secondary N) is 1. The van der Waals surface area contributed by atoms with Crippen molar-refractivity contribution >= 4 is 40.1 Å². The molecule has 3 fully saturated rings. The second kappa shape index (κ2) is 17.5. The lowest BCUT2D eigenvalue weighted by Gasteiger charge is -2.41. The van der Waals surface area contributed by atoms with Gasteiger partial charge in [-0.1, -0.05) is 12.1 Å². The summed E-state index contributed by atoms with van der Waals surface area (Å²) in [5.74, 6) is -1.63. The number of nitrogens with zero attached hydrogens (tertiary/aromatic N) is 5. The first-order valence-electron chi connectivity index (χ1n) is 20.1. The fourth-order valence-corrected chi connectivity index (χ4v) is 8.41. The molecule has 4 aromatic carbocycles. The van der Waals surface area contributed by atoms with E-state index in [1.165, 1.54) is 41.3 Å². The molecule has 0 unspecified atom stereocenters. The summed E-state index contributed by atoms with van der Waals surface area (Å²) >= 11 is 0. The van der Waals surface area contributed by atoms with E-state index in [-0.39, 0.29) is 113 Å². The van der Waals surface area contributed by atoms with Crippen molar-refractivity contribution in [1.29, 1.82) is 0 Å². The van der Waals surface area contributed by atoms with E-state index >= 15 is 13.2 Å². The van der Waals surface area contributed by atoms with Crippen LogP contribution in [-0.4, -0.2) is 76.5 Å². The largest absolute Gasteiger partial charge is 0.481 e. The Morgan fingerprint density at radius 1 is 0.508 bits per heavy atom. The standard InChI is InChI=1S/C43H42F12N6O2/c44-40(45,46)29-3-1-5-32(22-29)57-13-17-60(18-14-57)37-25-38(61-19-15-58(16-20-61)33-6-2-4-30(23-33)41(47,48)49)35(24-34(37)43(53,54)55)56-26-28-21-31(42(50,51)52)7-8-36(28)59-11-9-27(10-12-59)39(62)63/h1-8,21-25,27,56H,9-20,26H2,(H,62,63). The van der Waals surface area contributed by atoms with Crippen molar-refractivity contribution in [3.05, 3.63) is 107 Å². The SMILES string of the molecule is O=C(O)C1CCN(c2ccc(C(F)(F)F)cc2CNc2cc(C(F)(F)F)c(N3CCN(c4cccc(C(F)(F)F)c4)CC3)cc2N2CCN(c3cccc(C(F)(F)F)c3)CC2)CC1. The molecular weight excluding hydrogens is 860 g/mol. The highest BCUT2D eigenvalue weighted by molar-refractivity contribution is 5.79. The Labute approximate surface area is 354 Å². The summed E-state index contributed by atoms with van der Waals surface area (Å²) in [5, 5.41) is 12.5. The van der Waals surface area contributed by atoms with Crippen molar-refractivity contribution in [1.82, 2.24) is 0 Å². The highest BCUT2D eigenvalue weighted by Crippen LogP contribution is 2.45. The van der Waals surface area contributed by atoms with Crippen LogP contribution in [0.3, 0.4) is 0 Å². The number of carboxylic acid groups (broad SMARTS) is 1. The second-order valence-corrected chi connectivity index (χ2v) is 15.7. The average Bonchev–Trinajstić information content (AvgIpc) is 3.24. The number of piperidine rings is 1. The Hall–Kier alpha value is -5.69. The van der Waals surface area contributed by atoms with Gasteiger partial charge in [-0.2, -0.15) is 52.7 Å². The number of rotatable bonds is 9. The molecule has 3 aliphatic heterocycles. The van der Waals surface area contributed by atoms with Crippen molar-refractivity contribution in [3.63, 3.8) is 0 Å². The van der Waals surface area contributed by atoms with Crippen LogP contribution in [0.5, 0.6) is 0 Å². The zero-order valence-corrected chi connectivity index (χ0v) is 33.4. The Balaban J connectivity index is 1.22. The lowest BCUT2D eigenvalue weighted by Crippen LogP contribution is -2.48. The van der Waals surface area contributed by atoms with Crippen LogP contribution in [-0.2, 0) is 36.0 Å². The van der Waals surface area contributed by atoms with Crippen molar-refractivity contribution < 1.29 is 62.6 Å². The Morgan fingerprint density at radius 3 is 1.41 bits per heavy atom. The van der Waals surface area contributed by atoms with Gasteiger partial charge in [0.05, 0.1) is 45.2 Å². The summed E-state index contributed by atoms with van der Waals surface area (Å²) in [6.07, 6.45) is -18.5. The van der Waals surface area contributed by atoms with Crippen LogP contribution in [0.2, 0.25) is 0 Å². The van der Waals surface area contributed by atoms with Crippen LogP contribution < -0.4 is 29.8 Å². The van der Waals surface area contributed by atoms with Crippen LogP contribution in [0.1, 0.15) is 40.7 Å². The Morgan fingerprint density at radius 2 is 0.952 bits per heavy atom. The maximum Gasteiger partial charge on any atom is 0.418 e. The van der Waals surface area contributed by atoms with E-state index in [0.29, 0.717) is 11.4 Å². The first-order chi connectivity index (χ1) is 29.6. The van der Waals surface area contributed by atoms with E-state index in [4.69, 9.17) is 0 Å². The van der Waals surface area contributed by atoms with Gasteiger partial charge < -0.3 is 34.9 Å². The van der Waals surface area contributed by atoms with Gasteiger partial charge in [0.25, 0.3) is 0 Å². The molecule has 2 N–H and O–H groups in total. The van der Waals surface area contributed by atoms with Gasteiger partial charge in [0, 0.05) is 89.1 Å². The molecular formula is C43H42F12N6O2. The van der Waals surface area contributed by atoms with Crippen molar-refractivity contribution in [2.45, 2.75) is 44.1 Å². The fraction of sp³-hybridized carbons (Fsp3) is 0.419. The summed E-state index contributed by atoms with van der Waals surface area (Å²) < 4.78 is 168. The maximum atomic E-state index is 15.1. The molecule has 3 heterocycles. The molecule has 0 atom stereocenters. The average molecular weight is 903 g/mol. The third kappa shape index (κ3) is 10.4. The predicted molar refractivity (Wildman–Crippen MR) is 215 cm³/mol. The highest BCUT2D eigenvalue weighted by Gasteiger charge is 2.39. The molecule has 20 heteroatoms. The van der Waals surface area contributed by atoms with Gasteiger partial charge in [0.2, 0.25) is 0 Å². The van der Waals surface area contributed by atoms with Crippen LogP contribution in [0.25, 0.3) is 0 Å². The molecule has 340 valence electrons.